The van der Waals surface area contributed by atoms with Crippen LogP contribution in [-0.2, 0) is 0 Å². The van der Waals surface area contributed by atoms with Crippen LogP contribution in [0.5, 0.6) is 0 Å². The molecule has 2 rings (SSSR count). The van der Waals surface area contributed by atoms with Gasteiger partial charge in [0, 0.05) is 6.04 Å². The van der Waals surface area contributed by atoms with Gasteiger partial charge in [-0.05, 0) is 37.5 Å². The maximum atomic E-state index is 12.2. The van der Waals surface area contributed by atoms with Crippen LogP contribution < -0.4 is 11.1 Å². The molecule has 6 nitrogen and oxygen atoms in total. The summed E-state index contributed by atoms with van der Waals surface area (Å²) in [6.45, 7) is 5.91. The number of carboxylic acid groups (broad SMARTS) is 1. The minimum absolute atomic E-state index is 0.0828. The summed E-state index contributed by atoms with van der Waals surface area (Å²) in [6, 6.07) is 4.15. The molecule has 0 bridgehead atoms. The fraction of sp³-hybridized carbons (Fsp3) is 0.400. The average Bonchev–Trinajstić information content (AvgIpc) is 2.38. The number of carbonyl (C=O) groups is 1. The van der Waals surface area contributed by atoms with Crippen LogP contribution in [0.25, 0.3) is 11.0 Å². The van der Waals surface area contributed by atoms with E-state index in [0.29, 0.717) is 17.0 Å². The fourth-order valence-corrected chi connectivity index (χ4v) is 2.59. The Labute approximate surface area is 121 Å². The second kappa shape index (κ2) is 5.55. The molecule has 1 aromatic heterocycles. The van der Waals surface area contributed by atoms with Crippen molar-refractivity contribution in [3.63, 3.8) is 0 Å². The van der Waals surface area contributed by atoms with E-state index in [1.165, 1.54) is 22.8 Å². The number of benzene rings is 1. The first-order valence-electron chi connectivity index (χ1n) is 6.83. The number of nitrogens with one attached hydrogen (secondary N) is 1. The van der Waals surface area contributed by atoms with Crippen LogP contribution in [-0.4, -0.2) is 20.6 Å². The van der Waals surface area contributed by atoms with Crippen molar-refractivity contribution in [3.8, 4) is 0 Å². The molecule has 0 fully saturated rings. The van der Waals surface area contributed by atoms with E-state index >= 15 is 0 Å². The number of nitrogens with zero attached hydrogens (tertiary/aromatic N) is 1. The topological polar surface area (TPSA) is 92.2 Å². The highest BCUT2D eigenvalue weighted by Gasteiger charge is 2.16. The lowest BCUT2D eigenvalue weighted by Crippen LogP contribution is -2.38. The van der Waals surface area contributed by atoms with Crippen molar-refractivity contribution in [2.24, 2.45) is 5.92 Å². The van der Waals surface area contributed by atoms with Crippen molar-refractivity contribution in [3.05, 3.63) is 44.5 Å². The lowest BCUT2D eigenvalue weighted by molar-refractivity contribution is 0.0697. The quantitative estimate of drug-likeness (QED) is 0.842. The van der Waals surface area contributed by atoms with Crippen LogP contribution in [0.15, 0.2) is 27.8 Å². The third kappa shape index (κ3) is 2.89. The normalized spacial score (nSPS) is 12.8. The van der Waals surface area contributed by atoms with Gasteiger partial charge in [-0.25, -0.2) is 4.79 Å². The molecule has 2 aromatic rings. The Balaban J connectivity index is 2.78. The van der Waals surface area contributed by atoms with Gasteiger partial charge in [0.15, 0.2) is 0 Å². The SMILES string of the molecule is CC(C)CC(C)n1c(=O)c(=O)[nH]c2ccc(C(=O)O)cc21. The number of hydrogen-bond donors (Lipinski definition) is 2. The molecule has 1 unspecified atom stereocenters. The summed E-state index contributed by atoms with van der Waals surface area (Å²) in [7, 11) is 0. The Kier molecular flexibility index (Phi) is 3.97. The van der Waals surface area contributed by atoms with Crippen LogP contribution in [0.1, 0.15) is 43.6 Å². The van der Waals surface area contributed by atoms with Gasteiger partial charge in [0.25, 0.3) is 0 Å². The number of aromatic amines is 1. The summed E-state index contributed by atoms with van der Waals surface area (Å²) in [6.07, 6.45) is 0.718. The zero-order chi connectivity index (χ0) is 15.7. The molecule has 0 amide bonds. The highest BCUT2D eigenvalue weighted by molar-refractivity contribution is 5.92. The van der Waals surface area contributed by atoms with Crippen molar-refractivity contribution >= 4 is 17.0 Å². The Morgan fingerprint density at radius 1 is 1.29 bits per heavy atom. The van der Waals surface area contributed by atoms with E-state index in [1.54, 1.807) is 0 Å². The Hall–Kier alpha value is -2.37. The van der Waals surface area contributed by atoms with Gasteiger partial charge in [0.2, 0.25) is 0 Å². The lowest BCUT2D eigenvalue weighted by Gasteiger charge is -2.19. The van der Waals surface area contributed by atoms with Crippen LogP contribution in [0, 0.1) is 5.92 Å². The van der Waals surface area contributed by atoms with E-state index < -0.39 is 17.1 Å². The monoisotopic (exact) mass is 290 g/mol. The number of aromatic nitrogens is 2. The second-order valence-electron chi connectivity index (χ2n) is 5.64. The molecule has 0 saturated heterocycles. The molecular formula is C15H18N2O4. The highest BCUT2D eigenvalue weighted by atomic mass is 16.4. The number of hydrogen-bond acceptors (Lipinski definition) is 3. The minimum Gasteiger partial charge on any atom is -0.478 e. The molecule has 0 saturated carbocycles. The molecule has 6 heteroatoms. The molecule has 1 atom stereocenters. The highest BCUT2D eigenvalue weighted by Crippen LogP contribution is 2.20. The first-order valence-corrected chi connectivity index (χ1v) is 6.83. The number of rotatable bonds is 4. The predicted octanol–water partition coefficient (Wildman–Crippen LogP) is 2.00. The van der Waals surface area contributed by atoms with Crippen molar-refractivity contribution in [1.29, 1.82) is 0 Å². The van der Waals surface area contributed by atoms with Crippen LogP contribution in [0.2, 0.25) is 0 Å². The van der Waals surface area contributed by atoms with Gasteiger partial charge in [-0.3, -0.25) is 14.2 Å². The van der Waals surface area contributed by atoms with Crippen LogP contribution >= 0.6 is 0 Å². The number of carboxylic acids is 1. The largest absolute Gasteiger partial charge is 0.478 e. The molecule has 0 aliphatic carbocycles. The van der Waals surface area contributed by atoms with Crippen LogP contribution in [0.3, 0.4) is 0 Å². The van der Waals surface area contributed by atoms with Gasteiger partial charge in [-0.15, -0.1) is 0 Å². The van der Waals surface area contributed by atoms with E-state index in [4.69, 9.17) is 5.11 Å². The Morgan fingerprint density at radius 2 is 1.95 bits per heavy atom. The van der Waals surface area contributed by atoms with Crippen LogP contribution in [0.4, 0.5) is 0 Å². The number of H-pyrrole nitrogens is 1. The smallest absolute Gasteiger partial charge is 0.335 e. The third-order valence-corrected chi connectivity index (χ3v) is 3.42. The van der Waals surface area contributed by atoms with Gasteiger partial charge < -0.3 is 10.1 Å². The maximum absolute atomic E-state index is 12.2. The van der Waals surface area contributed by atoms with E-state index in [-0.39, 0.29) is 11.6 Å². The standard InChI is InChI=1S/C15H18N2O4/c1-8(2)6-9(3)17-12-7-10(15(20)21)4-5-11(12)16-13(18)14(17)19/h4-5,7-9H,6H2,1-3H3,(H,16,18)(H,20,21). The second-order valence-corrected chi connectivity index (χ2v) is 5.64. The Morgan fingerprint density at radius 3 is 2.52 bits per heavy atom. The zero-order valence-corrected chi connectivity index (χ0v) is 12.2. The maximum Gasteiger partial charge on any atom is 0.335 e. The zero-order valence-electron chi connectivity index (χ0n) is 12.2. The van der Waals surface area contributed by atoms with E-state index in [9.17, 15) is 14.4 Å². The Bertz CT molecular complexity index is 801. The van der Waals surface area contributed by atoms with Gasteiger partial charge in [-0.2, -0.15) is 0 Å². The van der Waals surface area contributed by atoms with E-state index in [0.717, 1.165) is 6.42 Å². The van der Waals surface area contributed by atoms with E-state index in [2.05, 4.69) is 4.98 Å². The summed E-state index contributed by atoms with van der Waals surface area (Å²) >= 11 is 0. The summed E-state index contributed by atoms with van der Waals surface area (Å²) in [5.41, 5.74) is -0.369. The van der Waals surface area contributed by atoms with Gasteiger partial charge in [0.05, 0.1) is 16.6 Å². The molecule has 2 N–H and O–H groups in total. The average molecular weight is 290 g/mol. The van der Waals surface area contributed by atoms with Crippen molar-refractivity contribution in [1.82, 2.24) is 9.55 Å². The van der Waals surface area contributed by atoms with Crippen molar-refractivity contribution < 1.29 is 9.90 Å². The summed E-state index contributed by atoms with van der Waals surface area (Å²) < 4.78 is 1.39. The van der Waals surface area contributed by atoms with Gasteiger partial charge in [0.1, 0.15) is 0 Å². The molecule has 21 heavy (non-hydrogen) atoms. The van der Waals surface area contributed by atoms with Gasteiger partial charge in [-0.1, -0.05) is 13.8 Å². The minimum atomic E-state index is -1.07. The first-order chi connectivity index (χ1) is 9.81. The molecule has 0 spiro atoms. The number of fused-ring (bicyclic) bond motifs is 1. The van der Waals surface area contributed by atoms with Crippen molar-refractivity contribution in [2.75, 3.05) is 0 Å². The fourth-order valence-electron chi connectivity index (χ4n) is 2.59. The summed E-state index contributed by atoms with van der Waals surface area (Å²) in [5.74, 6) is -0.720. The molecule has 0 radical (unpaired) electrons. The molecular weight excluding hydrogens is 272 g/mol. The summed E-state index contributed by atoms with van der Waals surface area (Å²) in [5, 5.41) is 9.08. The molecule has 0 aliphatic rings. The molecule has 0 aliphatic heterocycles. The lowest BCUT2D eigenvalue weighted by atomic mass is 10.0. The first kappa shape index (κ1) is 15.0. The molecule has 1 aromatic carbocycles. The number of aromatic carboxylic acids is 1. The predicted molar refractivity (Wildman–Crippen MR) is 80.0 cm³/mol. The van der Waals surface area contributed by atoms with Crippen molar-refractivity contribution in [2.45, 2.75) is 33.2 Å². The molecule has 1 heterocycles. The van der Waals surface area contributed by atoms with Gasteiger partial charge >= 0.3 is 17.1 Å². The molecule has 112 valence electrons. The third-order valence-electron chi connectivity index (χ3n) is 3.42. The van der Waals surface area contributed by atoms with E-state index in [1.807, 2.05) is 20.8 Å². The summed E-state index contributed by atoms with van der Waals surface area (Å²) in [4.78, 5) is 37.5.